The molecule has 9 heteroatoms. The second kappa shape index (κ2) is 8.07. The molecule has 30 heavy (non-hydrogen) atoms. The van der Waals surface area contributed by atoms with Crippen LogP contribution in [0.15, 0.2) is 18.2 Å². The molecule has 1 heterocycles. The Morgan fingerprint density at radius 3 is 2.10 bits per heavy atom. The van der Waals surface area contributed by atoms with Gasteiger partial charge in [-0.3, -0.25) is 24.1 Å². The summed E-state index contributed by atoms with van der Waals surface area (Å²) >= 11 is 7.25. The molecule has 7 nitrogen and oxygen atoms in total. The molecule has 3 amide bonds. The number of nitrogens with zero attached hydrogens (tertiary/aromatic N) is 1. The van der Waals surface area contributed by atoms with E-state index in [1.807, 2.05) is 32.0 Å². The Morgan fingerprint density at radius 2 is 1.57 bits per heavy atom. The van der Waals surface area contributed by atoms with Crippen molar-refractivity contribution in [1.29, 1.82) is 0 Å². The number of benzene rings is 1. The minimum atomic E-state index is -0.773. The lowest BCUT2D eigenvalue weighted by Gasteiger charge is -2.28. The fourth-order valence-electron chi connectivity index (χ4n) is 5.13. The van der Waals surface area contributed by atoms with Gasteiger partial charge < -0.3 is 10.1 Å². The lowest BCUT2D eigenvalue weighted by molar-refractivity contribution is -0.154. The maximum absolute atomic E-state index is 12.8. The summed E-state index contributed by atoms with van der Waals surface area (Å²) in [6.07, 6.45) is 0.829. The summed E-state index contributed by atoms with van der Waals surface area (Å²) in [5, 5.41) is 2.68. The highest BCUT2D eigenvalue weighted by atomic mass is 79.9. The molecule has 3 fully saturated rings. The highest BCUT2D eigenvalue weighted by molar-refractivity contribution is 9.12. The number of fused-ring (bicyclic) bond motifs is 5. The van der Waals surface area contributed by atoms with Crippen molar-refractivity contribution in [3.63, 3.8) is 0 Å². The molecule has 0 unspecified atom stereocenters. The average molecular weight is 542 g/mol. The third-order valence-electron chi connectivity index (χ3n) is 6.24. The van der Waals surface area contributed by atoms with Crippen LogP contribution in [-0.4, -0.2) is 51.4 Å². The Morgan fingerprint density at radius 1 is 1.03 bits per heavy atom. The van der Waals surface area contributed by atoms with Gasteiger partial charge in [-0.25, -0.2) is 0 Å². The van der Waals surface area contributed by atoms with Gasteiger partial charge in [0.25, 0.3) is 5.91 Å². The molecule has 0 aromatic heterocycles. The summed E-state index contributed by atoms with van der Waals surface area (Å²) in [5.74, 6) is -2.44. The van der Waals surface area contributed by atoms with E-state index in [2.05, 4.69) is 37.2 Å². The summed E-state index contributed by atoms with van der Waals surface area (Å²) in [6, 6.07) is 5.61. The molecule has 0 radical (unpaired) electrons. The third-order valence-corrected chi connectivity index (χ3v) is 9.44. The monoisotopic (exact) mass is 540 g/mol. The second-order valence-electron chi connectivity index (χ2n) is 8.35. The van der Waals surface area contributed by atoms with E-state index >= 15 is 0 Å². The first-order valence-corrected chi connectivity index (χ1v) is 11.7. The number of imide groups is 1. The van der Waals surface area contributed by atoms with Crippen molar-refractivity contribution < 1.29 is 23.9 Å². The van der Waals surface area contributed by atoms with Crippen molar-refractivity contribution in [3.8, 4) is 0 Å². The van der Waals surface area contributed by atoms with Gasteiger partial charge in [-0.1, -0.05) is 37.9 Å². The fourth-order valence-corrected chi connectivity index (χ4v) is 7.00. The van der Waals surface area contributed by atoms with Crippen LogP contribution >= 0.6 is 31.9 Å². The topological polar surface area (TPSA) is 92.8 Å². The SMILES string of the molecule is Cc1cc(C)cc(NC(=O)COC(=O)CN2C(=O)[C@@H]3[C@H]4C[C@@H]([C@H](Br)[C@H]4Br)[C@H]3C2=O)c1. The Hall–Kier alpha value is -1.74. The number of alkyl halides is 2. The molecule has 1 aromatic carbocycles. The van der Waals surface area contributed by atoms with Crippen LogP contribution in [-0.2, 0) is 23.9 Å². The van der Waals surface area contributed by atoms with Gasteiger partial charge in [0.05, 0.1) is 11.8 Å². The van der Waals surface area contributed by atoms with Crippen LogP contribution in [0, 0.1) is 37.5 Å². The van der Waals surface area contributed by atoms with Gasteiger partial charge in [0.15, 0.2) is 6.61 Å². The van der Waals surface area contributed by atoms with Crippen molar-refractivity contribution in [1.82, 2.24) is 4.90 Å². The van der Waals surface area contributed by atoms with Crippen LogP contribution in [0.25, 0.3) is 0 Å². The number of esters is 1. The largest absolute Gasteiger partial charge is 0.454 e. The average Bonchev–Trinajstić information content (AvgIpc) is 3.26. The number of amides is 3. The van der Waals surface area contributed by atoms with E-state index in [9.17, 15) is 19.2 Å². The van der Waals surface area contributed by atoms with Crippen LogP contribution in [0.2, 0.25) is 0 Å². The molecule has 3 aliphatic rings. The molecular weight excluding hydrogens is 520 g/mol. The smallest absolute Gasteiger partial charge is 0.326 e. The molecule has 1 aliphatic heterocycles. The standard InChI is InChI=1S/C21H22Br2N2O5/c1-9-3-10(2)5-11(4-9)24-14(26)8-30-15(27)7-25-20(28)16-12-6-13(17(16)21(25)29)19(23)18(12)22/h3-5,12-13,16-19H,6-8H2,1-2H3,(H,24,26)/t12-,13-,16-,17-,18+,19+/m1/s1. The molecule has 2 saturated carbocycles. The van der Waals surface area contributed by atoms with Crippen LogP contribution in [0.4, 0.5) is 5.69 Å². The van der Waals surface area contributed by atoms with E-state index in [-0.39, 0.29) is 45.1 Å². The van der Waals surface area contributed by atoms with Crippen molar-refractivity contribution in [2.75, 3.05) is 18.5 Å². The van der Waals surface area contributed by atoms with Crippen molar-refractivity contribution >= 4 is 61.2 Å². The number of halogens is 2. The zero-order valence-electron chi connectivity index (χ0n) is 16.6. The van der Waals surface area contributed by atoms with Crippen LogP contribution in [0.3, 0.4) is 0 Å². The first-order chi connectivity index (χ1) is 14.2. The first kappa shape index (κ1) is 21.5. The summed E-state index contributed by atoms with van der Waals surface area (Å²) in [7, 11) is 0. The number of carbonyl (C=O) groups is 4. The van der Waals surface area contributed by atoms with Gasteiger partial charge >= 0.3 is 5.97 Å². The van der Waals surface area contributed by atoms with E-state index in [1.165, 1.54) is 0 Å². The Balaban J connectivity index is 1.32. The van der Waals surface area contributed by atoms with E-state index < -0.39 is 25.0 Å². The number of aryl methyl sites for hydroxylation is 2. The van der Waals surface area contributed by atoms with Gasteiger partial charge in [0, 0.05) is 15.3 Å². The zero-order valence-corrected chi connectivity index (χ0v) is 19.7. The van der Waals surface area contributed by atoms with E-state index in [1.54, 1.807) is 0 Å². The molecule has 2 aliphatic carbocycles. The quantitative estimate of drug-likeness (QED) is 0.351. The number of likely N-dealkylation sites (tertiary alicyclic amines) is 1. The number of hydrogen-bond acceptors (Lipinski definition) is 5. The number of ether oxygens (including phenoxy) is 1. The molecule has 0 spiro atoms. The molecule has 1 aromatic rings. The van der Waals surface area contributed by atoms with Crippen LogP contribution in [0.5, 0.6) is 0 Å². The van der Waals surface area contributed by atoms with Gasteiger partial charge in [-0.15, -0.1) is 0 Å². The first-order valence-electron chi connectivity index (χ1n) is 9.84. The Labute approximate surface area is 191 Å². The maximum atomic E-state index is 12.8. The highest BCUT2D eigenvalue weighted by Crippen LogP contribution is 2.60. The minimum absolute atomic E-state index is 0.0883. The molecule has 1 saturated heterocycles. The summed E-state index contributed by atoms with van der Waals surface area (Å²) in [6.45, 7) is 2.90. The highest BCUT2D eigenvalue weighted by Gasteiger charge is 2.66. The van der Waals surface area contributed by atoms with Crippen LogP contribution < -0.4 is 5.32 Å². The normalized spacial score (nSPS) is 31.8. The van der Waals surface area contributed by atoms with Crippen LogP contribution in [0.1, 0.15) is 17.5 Å². The van der Waals surface area contributed by atoms with Crippen molar-refractivity contribution in [2.45, 2.75) is 29.9 Å². The number of hydrogen-bond donors (Lipinski definition) is 1. The number of anilines is 1. The summed E-state index contributed by atoms with van der Waals surface area (Å²) in [4.78, 5) is 51.2. The molecule has 160 valence electrons. The lowest BCUT2D eigenvalue weighted by atomic mass is 9.81. The maximum Gasteiger partial charge on any atom is 0.326 e. The third kappa shape index (κ3) is 3.70. The molecule has 4 rings (SSSR count). The predicted octanol–water partition coefficient (Wildman–Crippen LogP) is 2.56. The van der Waals surface area contributed by atoms with Crippen molar-refractivity contribution in [2.24, 2.45) is 23.7 Å². The molecular formula is C21H22Br2N2O5. The fraction of sp³-hybridized carbons (Fsp3) is 0.524. The lowest BCUT2D eigenvalue weighted by Crippen LogP contribution is -2.38. The van der Waals surface area contributed by atoms with Gasteiger partial charge in [0.1, 0.15) is 6.54 Å². The molecule has 1 N–H and O–H groups in total. The molecule has 2 bridgehead atoms. The number of rotatable bonds is 5. The molecule has 6 atom stereocenters. The minimum Gasteiger partial charge on any atom is -0.454 e. The summed E-state index contributed by atoms with van der Waals surface area (Å²) in [5.41, 5.74) is 2.63. The Bertz CT molecular complexity index is 884. The zero-order chi connectivity index (χ0) is 21.7. The number of carbonyl (C=O) groups excluding carboxylic acids is 4. The van der Waals surface area contributed by atoms with E-state index in [0.29, 0.717) is 5.69 Å². The van der Waals surface area contributed by atoms with Gasteiger partial charge in [-0.2, -0.15) is 0 Å². The van der Waals surface area contributed by atoms with Crippen molar-refractivity contribution in [3.05, 3.63) is 29.3 Å². The van der Waals surface area contributed by atoms with E-state index in [4.69, 9.17) is 4.74 Å². The number of nitrogens with one attached hydrogen (secondary N) is 1. The van der Waals surface area contributed by atoms with E-state index in [0.717, 1.165) is 22.4 Å². The van der Waals surface area contributed by atoms with Gasteiger partial charge in [-0.05, 0) is 55.4 Å². The Kier molecular flexibility index (Phi) is 5.78. The predicted molar refractivity (Wildman–Crippen MR) is 116 cm³/mol. The summed E-state index contributed by atoms with van der Waals surface area (Å²) < 4.78 is 5.01. The van der Waals surface area contributed by atoms with Gasteiger partial charge in [0.2, 0.25) is 11.8 Å². The second-order valence-corrected chi connectivity index (χ2v) is 10.5.